The molecular weight excluding hydrogens is 396 g/mol. The van der Waals surface area contributed by atoms with E-state index in [0.717, 1.165) is 6.07 Å². The molecule has 0 fully saturated rings. The highest BCUT2D eigenvalue weighted by molar-refractivity contribution is 6.33. The monoisotopic (exact) mass is 410 g/mol. The lowest BCUT2D eigenvalue weighted by Crippen LogP contribution is -2.17. The second-order valence-electron chi connectivity index (χ2n) is 5.98. The standard InChI is InChI=1S/C21H15ClN2O5/c1-29-15-9-7-14(8-10-15)23-21(26)17-5-3-2-4-16(17)20(25)13-6-11-18(22)19(12-13)24(27)28/h2-12H,1H3,(H,23,26). The van der Waals surface area contributed by atoms with Gasteiger partial charge in [-0.1, -0.05) is 29.8 Å². The van der Waals surface area contributed by atoms with Crippen molar-refractivity contribution in [2.45, 2.75) is 0 Å². The van der Waals surface area contributed by atoms with Gasteiger partial charge in [-0.2, -0.15) is 0 Å². The van der Waals surface area contributed by atoms with Crippen molar-refractivity contribution in [2.75, 3.05) is 12.4 Å². The number of carbonyl (C=O) groups excluding carboxylic acids is 2. The Morgan fingerprint density at radius 1 is 1.00 bits per heavy atom. The van der Waals surface area contributed by atoms with Gasteiger partial charge in [-0.15, -0.1) is 0 Å². The van der Waals surface area contributed by atoms with Crippen LogP contribution < -0.4 is 10.1 Å². The van der Waals surface area contributed by atoms with E-state index in [1.165, 1.54) is 31.4 Å². The summed E-state index contributed by atoms with van der Waals surface area (Å²) in [6.07, 6.45) is 0. The number of anilines is 1. The minimum atomic E-state index is -0.665. The molecule has 3 aromatic carbocycles. The molecule has 0 bridgehead atoms. The van der Waals surface area contributed by atoms with Crippen LogP contribution in [0.2, 0.25) is 5.02 Å². The minimum Gasteiger partial charge on any atom is -0.497 e. The van der Waals surface area contributed by atoms with Crippen LogP contribution in [-0.4, -0.2) is 23.7 Å². The third-order valence-corrected chi connectivity index (χ3v) is 4.49. The molecule has 3 rings (SSSR count). The fourth-order valence-corrected chi connectivity index (χ4v) is 2.89. The number of hydrogen-bond acceptors (Lipinski definition) is 5. The van der Waals surface area contributed by atoms with Crippen LogP contribution in [0.25, 0.3) is 0 Å². The lowest BCUT2D eigenvalue weighted by molar-refractivity contribution is -0.384. The Hall–Kier alpha value is -3.71. The van der Waals surface area contributed by atoms with Gasteiger partial charge in [-0.3, -0.25) is 19.7 Å². The second-order valence-corrected chi connectivity index (χ2v) is 6.39. The topological polar surface area (TPSA) is 98.5 Å². The average Bonchev–Trinajstić information content (AvgIpc) is 2.74. The molecule has 0 unspecified atom stereocenters. The lowest BCUT2D eigenvalue weighted by atomic mass is 9.97. The number of rotatable bonds is 6. The van der Waals surface area contributed by atoms with Crippen molar-refractivity contribution in [2.24, 2.45) is 0 Å². The van der Waals surface area contributed by atoms with Gasteiger partial charge in [0.1, 0.15) is 10.8 Å². The normalized spacial score (nSPS) is 10.3. The Morgan fingerprint density at radius 2 is 1.66 bits per heavy atom. The summed E-state index contributed by atoms with van der Waals surface area (Å²) >= 11 is 5.81. The zero-order valence-corrected chi connectivity index (χ0v) is 16.0. The van der Waals surface area contributed by atoms with E-state index in [1.54, 1.807) is 36.4 Å². The summed E-state index contributed by atoms with van der Waals surface area (Å²) in [6, 6.07) is 16.7. The van der Waals surface area contributed by atoms with Crippen molar-refractivity contribution < 1.29 is 19.2 Å². The predicted molar refractivity (Wildman–Crippen MR) is 109 cm³/mol. The summed E-state index contributed by atoms with van der Waals surface area (Å²) in [6.45, 7) is 0. The highest BCUT2D eigenvalue weighted by Gasteiger charge is 2.21. The number of hydrogen-bond donors (Lipinski definition) is 1. The predicted octanol–water partition coefficient (Wildman–Crippen LogP) is 4.74. The number of nitro benzene ring substituents is 1. The molecule has 0 radical (unpaired) electrons. The zero-order valence-electron chi connectivity index (χ0n) is 15.2. The summed E-state index contributed by atoms with van der Waals surface area (Å²) in [5, 5.41) is 13.7. The van der Waals surface area contributed by atoms with Crippen LogP contribution in [0.4, 0.5) is 11.4 Å². The molecule has 29 heavy (non-hydrogen) atoms. The summed E-state index contributed by atoms with van der Waals surface area (Å²) in [5.41, 5.74) is 0.477. The zero-order chi connectivity index (χ0) is 21.0. The molecule has 0 spiro atoms. The van der Waals surface area contributed by atoms with Crippen LogP contribution in [0.15, 0.2) is 66.7 Å². The van der Waals surface area contributed by atoms with Gasteiger partial charge in [0.25, 0.3) is 11.6 Å². The Bertz CT molecular complexity index is 1100. The van der Waals surface area contributed by atoms with Gasteiger partial charge in [-0.25, -0.2) is 0 Å². The van der Waals surface area contributed by atoms with Gasteiger partial charge in [0.2, 0.25) is 0 Å². The molecule has 0 aliphatic carbocycles. The first kappa shape index (κ1) is 20.0. The van der Waals surface area contributed by atoms with E-state index in [-0.39, 0.29) is 27.4 Å². The Balaban J connectivity index is 1.92. The first-order valence-corrected chi connectivity index (χ1v) is 8.81. The van der Waals surface area contributed by atoms with E-state index in [1.807, 2.05) is 0 Å². The third-order valence-electron chi connectivity index (χ3n) is 4.17. The van der Waals surface area contributed by atoms with E-state index in [4.69, 9.17) is 16.3 Å². The highest BCUT2D eigenvalue weighted by Crippen LogP contribution is 2.27. The first-order chi connectivity index (χ1) is 13.9. The number of nitrogens with zero attached hydrogens (tertiary/aromatic N) is 1. The van der Waals surface area contributed by atoms with Gasteiger partial charge >= 0.3 is 0 Å². The summed E-state index contributed by atoms with van der Waals surface area (Å²) in [5.74, 6) is -0.365. The molecule has 0 aromatic heterocycles. The SMILES string of the molecule is COc1ccc(NC(=O)c2ccccc2C(=O)c2ccc(Cl)c([N+](=O)[O-])c2)cc1. The number of halogens is 1. The molecule has 3 aromatic rings. The van der Waals surface area contributed by atoms with Crippen LogP contribution in [0.5, 0.6) is 5.75 Å². The van der Waals surface area contributed by atoms with Gasteiger partial charge in [0.05, 0.1) is 17.6 Å². The van der Waals surface area contributed by atoms with E-state index >= 15 is 0 Å². The van der Waals surface area contributed by atoms with Crippen LogP contribution in [0, 0.1) is 10.1 Å². The van der Waals surface area contributed by atoms with Gasteiger partial charge in [-0.05, 0) is 42.5 Å². The Morgan fingerprint density at radius 3 is 2.28 bits per heavy atom. The second kappa shape index (κ2) is 8.53. The van der Waals surface area contributed by atoms with E-state index < -0.39 is 16.6 Å². The number of carbonyl (C=O) groups is 2. The van der Waals surface area contributed by atoms with Gasteiger partial charge in [0.15, 0.2) is 5.78 Å². The molecule has 1 amide bonds. The van der Waals surface area contributed by atoms with Crippen molar-refractivity contribution in [1.82, 2.24) is 0 Å². The smallest absolute Gasteiger partial charge is 0.288 e. The Kier molecular flexibility index (Phi) is 5.90. The van der Waals surface area contributed by atoms with Gasteiger partial charge < -0.3 is 10.1 Å². The average molecular weight is 411 g/mol. The molecular formula is C21H15ClN2O5. The van der Waals surface area contributed by atoms with E-state index in [0.29, 0.717) is 11.4 Å². The van der Waals surface area contributed by atoms with Crippen LogP contribution in [0.1, 0.15) is 26.3 Å². The maximum absolute atomic E-state index is 12.9. The van der Waals surface area contributed by atoms with Crippen molar-refractivity contribution >= 4 is 34.7 Å². The number of ether oxygens (including phenoxy) is 1. The number of amides is 1. The number of benzene rings is 3. The largest absolute Gasteiger partial charge is 0.497 e. The maximum Gasteiger partial charge on any atom is 0.288 e. The minimum absolute atomic E-state index is 0.0609. The third kappa shape index (κ3) is 4.41. The molecule has 0 heterocycles. The van der Waals surface area contributed by atoms with Crippen LogP contribution in [-0.2, 0) is 0 Å². The van der Waals surface area contributed by atoms with Crippen LogP contribution >= 0.6 is 11.6 Å². The van der Waals surface area contributed by atoms with Crippen molar-refractivity contribution in [3.63, 3.8) is 0 Å². The lowest BCUT2D eigenvalue weighted by Gasteiger charge is -2.10. The quantitative estimate of drug-likeness (QED) is 0.359. The van der Waals surface area contributed by atoms with Crippen molar-refractivity contribution in [3.8, 4) is 5.75 Å². The number of methoxy groups -OCH3 is 1. The maximum atomic E-state index is 12.9. The van der Waals surface area contributed by atoms with Gasteiger partial charge in [0, 0.05) is 22.9 Å². The van der Waals surface area contributed by atoms with Crippen molar-refractivity contribution in [1.29, 1.82) is 0 Å². The molecule has 8 heteroatoms. The first-order valence-electron chi connectivity index (χ1n) is 8.44. The fraction of sp³-hybridized carbons (Fsp3) is 0.0476. The fourth-order valence-electron chi connectivity index (χ4n) is 2.70. The molecule has 7 nitrogen and oxygen atoms in total. The van der Waals surface area contributed by atoms with E-state index in [9.17, 15) is 19.7 Å². The Labute approximate surface area is 171 Å². The number of ketones is 1. The number of nitrogens with one attached hydrogen (secondary N) is 1. The summed E-state index contributed by atoms with van der Waals surface area (Å²) in [4.78, 5) is 36.1. The molecule has 0 saturated heterocycles. The molecule has 0 aliphatic rings. The summed E-state index contributed by atoms with van der Waals surface area (Å²) < 4.78 is 5.08. The molecule has 0 atom stereocenters. The van der Waals surface area contributed by atoms with Crippen molar-refractivity contribution in [3.05, 3.63) is 98.6 Å². The highest BCUT2D eigenvalue weighted by atomic mass is 35.5. The summed E-state index contributed by atoms with van der Waals surface area (Å²) in [7, 11) is 1.54. The molecule has 146 valence electrons. The molecule has 0 saturated carbocycles. The van der Waals surface area contributed by atoms with E-state index in [2.05, 4.69) is 5.32 Å². The number of nitro groups is 1. The van der Waals surface area contributed by atoms with Crippen LogP contribution in [0.3, 0.4) is 0 Å². The molecule has 1 N–H and O–H groups in total. The molecule has 0 aliphatic heterocycles.